The number of rotatable bonds is 3. The van der Waals surface area contributed by atoms with Crippen LogP contribution < -0.4 is 11.2 Å². The average Bonchev–Trinajstić information content (AvgIpc) is 2.70. The molecule has 0 saturated carbocycles. The van der Waals surface area contributed by atoms with E-state index < -0.39 is 11.2 Å². The van der Waals surface area contributed by atoms with Crippen molar-refractivity contribution >= 4 is 5.78 Å². The summed E-state index contributed by atoms with van der Waals surface area (Å²) in [6.45, 7) is 5.01. The minimum Gasteiger partial charge on any atom is -0.361 e. The van der Waals surface area contributed by atoms with E-state index in [1.807, 2.05) is 0 Å². The number of ketones is 1. The summed E-state index contributed by atoms with van der Waals surface area (Å²) < 4.78 is 7.27. The summed E-state index contributed by atoms with van der Waals surface area (Å²) in [5.41, 5.74) is 0.351. The van der Waals surface area contributed by atoms with Gasteiger partial charge in [-0.1, -0.05) is 5.16 Å². The molecule has 0 bridgehead atoms. The first kappa shape index (κ1) is 14.0. The molecule has 0 amide bonds. The number of hydrogen-bond donors (Lipinski definition) is 0. The average molecular weight is 277 g/mol. The topological polar surface area (TPSA) is 87.1 Å². The molecule has 0 radical (unpaired) electrons. The van der Waals surface area contributed by atoms with E-state index in [9.17, 15) is 14.4 Å². The van der Waals surface area contributed by atoms with Gasteiger partial charge in [-0.2, -0.15) is 0 Å². The van der Waals surface area contributed by atoms with Gasteiger partial charge in [-0.25, -0.2) is 4.79 Å². The van der Waals surface area contributed by atoms with Gasteiger partial charge in [0.15, 0.2) is 5.78 Å². The van der Waals surface area contributed by atoms with E-state index in [0.717, 1.165) is 10.1 Å². The second-order valence-electron chi connectivity index (χ2n) is 4.68. The maximum atomic E-state index is 12.1. The first-order valence-corrected chi connectivity index (χ1v) is 6.06. The van der Waals surface area contributed by atoms with Crippen LogP contribution in [-0.2, 0) is 13.6 Å². The molecule has 0 aliphatic heterocycles. The molecule has 2 aromatic heterocycles. The third-order valence-electron chi connectivity index (χ3n) is 3.24. The predicted molar refractivity (Wildman–Crippen MR) is 71.0 cm³/mol. The largest absolute Gasteiger partial charge is 0.361 e. The highest BCUT2D eigenvalue weighted by Crippen LogP contribution is 2.12. The van der Waals surface area contributed by atoms with Crippen LogP contribution in [0.1, 0.15) is 34.3 Å². The van der Waals surface area contributed by atoms with E-state index >= 15 is 0 Å². The van der Waals surface area contributed by atoms with Crippen LogP contribution in [0, 0.1) is 13.8 Å². The molecule has 0 atom stereocenters. The van der Waals surface area contributed by atoms with Crippen molar-refractivity contribution in [3.05, 3.63) is 49.6 Å². The lowest BCUT2D eigenvalue weighted by molar-refractivity contribution is 0.101. The number of aromatic nitrogens is 3. The zero-order valence-corrected chi connectivity index (χ0v) is 11.8. The number of aryl methyl sites for hydroxylation is 2. The summed E-state index contributed by atoms with van der Waals surface area (Å²) >= 11 is 0. The summed E-state index contributed by atoms with van der Waals surface area (Å²) in [7, 11) is 1.35. The molecule has 0 aliphatic carbocycles. The van der Waals surface area contributed by atoms with Crippen LogP contribution in [0.4, 0.5) is 0 Å². The Labute approximate surface area is 114 Å². The Balaban J connectivity index is 2.61. The molecular formula is C13H15N3O4. The quantitative estimate of drug-likeness (QED) is 0.758. The third-order valence-corrected chi connectivity index (χ3v) is 3.24. The third kappa shape index (κ3) is 2.22. The second kappa shape index (κ2) is 4.92. The lowest BCUT2D eigenvalue weighted by Crippen LogP contribution is -2.40. The predicted octanol–water partition coefficient (Wildman–Crippen LogP) is 0.403. The highest BCUT2D eigenvalue weighted by atomic mass is 16.5. The normalized spacial score (nSPS) is 10.8. The van der Waals surface area contributed by atoms with Crippen molar-refractivity contribution in [3.63, 3.8) is 0 Å². The highest BCUT2D eigenvalue weighted by Gasteiger charge is 2.15. The fourth-order valence-corrected chi connectivity index (χ4v) is 1.98. The SMILES string of the molecule is CC(=O)c1cn(Cc2c(C)noc2C)c(=O)n(C)c1=O. The van der Waals surface area contributed by atoms with Crippen molar-refractivity contribution in [2.75, 3.05) is 0 Å². The molecule has 7 heteroatoms. The van der Waals surface area contributed by atoms with Gasteiger partial charge >= 0.3 is 5.69 Å². The highest BCUT2D eigenvalue weighted by molar-refractivity contribution is 5.93. The number of carbonyl (C=O) groups is 1. The Kier molecular flexibility index (Phi) is 3.44. The first-order valence-electron chi connectivity index (χ1n) is 6.06. The summed E-state index contributed by atoms with van der Waals surface area (Å²) in [6, 6.07) is 0. The molecule has 106 valence electrons. The number of carbonyl (C=O) groups excluding carboxylic acids is 1. The maximum absolute atomic E-state index is 12.1. The van der Waals surface area contributed by atoms with Gasteiger partial charge in [-0.15, -0.1) is 0 Å². The Hall–Kier alpha value is -2.44. The fraction of sp³-hybridized carbons (Fsp3) is 0.385. The molecule has 20 heavy (non-hydrogen) atoms. The molecule has 7 nitrogen and oxygen atoms in total. The minimum absolute atomic E-state index is 0.0149. The Morgan fingerprint density at radius 2 is 2.00 bits per heavy atom. The monoisotopic (exact) mass is 277 g/mol. The van der Waals surface area contributed by atoms with Crippen molar-refractivity contribution in [1.29, 1.82) is 0 Å². The van der Waals surface area contributed by atoms with Gasteiger partial charge < -0.3 is 4.52 Å². The van der Waals surface area contributed by atoms with Gasteiger partial charge in [0.1, 0.15) is 5.76 Å². The molecule has 2 rings (SSSR count). The zero-order chi connectivity index (χ0) is 15.0. The fourth-order valence-electron chi connectivity index (χ4n) is 1.98. The van der Waals surface area contributed by atoms with Crippen molar-refractivity contribution in [2.24, 2.45) is 7.05 Å². The molecule has 2 aromatic rings. The lowest BCUT2D eigenvalue weighted by Gasteiger charge is -2.09. The zero-order valence-electron chi connectivity index (χ0n) is 11.8. The van der Waals surface area contributed by atoms with Crippen LogP contribution in [0.5, 0.6) is 0 Å². The Morgan fingerprint density at radius 3 is 2.50 bits per heavy atom. The molecule has 0 unspecified atom stereocenters. The van der Waals surface area contributed by atoms with E-state index in [1.165, 1.54) is 24.7 Å². The van der Waals surface area contributed by atoms with Crippen LogP contribution in [0.15, 0.2) is 20.3 Å². The molecule has 0 fully saturated rings. The summed E-state index contributed by atoms with van der Waals surface area (Å²) in [4.78, 5) is 35.4. The first-order chi connectivity index (χ1) is 9.32. The molecular weight excluding hydrogens is 262 g/mol. The summed E-state index contributed by atoms with van der Waals surface area (Å²) in [5, 5.41) is 3.81. The van der Waals surface area contributed by atoms with E-state index in [0.29, 0.717) is 11.5 Å². The van der Waals surface area contributed by atoms with Crippen molar-refractivity contribution in [2.45, 2.75) is 27.3 Å². The molecule has 0 aliphatic rings. The Bertz CT molecular complexity index is 775. The number of hydrogen-bond acceptors (Lipinski definition) is 5. The van der Waals surface area contributed by atoms with E-state index in [-0.39, 0.29) is 17.9 Å². The van der Waals surface area contributed by atoms with Gasteiger partial charge in [0.05, 0.1) is 17.8 Å². The van der Waals surface area contributed by atoms with Gasteiger partial charge in [-0.05, 0) is 20.8 Å². The molecule has 0 spiro atoms. The van der Waals surface area contributed by atoms with Gasteiger partial charge in [0.2, 0.25) is 0 Å². The molecule has 0 N–H and O–H groups in total. The summed E-state index contributed by atoms with van der Waals surface area (Å²) in [6.07, 6.45) is 1.29. The lowest BCUT2D eigenvalue weighted by atomic mass is 10.2. The minimum atomic E-state index is -0.586. The number of Topliss-reactive ketones (excluding diaryl/α,β-unsaturated/α-hetero) is 1. The van der Waals surface area contributed by atoms with Crippen LogP contribution in [-0.4, -0.2) is 20.1 Å². The van der Waals surface area contributed by atoms with Crippen LogP contribution >= 0.6 is 0 Å². The van der Waals surface area contributed by atoms with E-state index in [1.54, 1.807) is 13.8 Å². The van der Waals surface area contributed by atoms with Crippen LogP contribution in [0.3, 0.4) is 0 Å². The Morgan fingerprint density at radius 1 is 1.35 bits per heavy atom. The second-order valence-corrected chi connectivity index (χ2v) is 4.68. The van der Waals surface area contributed by atoms with E-state index in [4.69, 9.17) is 4.52 Å². The van der Waals surface area contributed by atoms with Crippen molar-refractivity contribution in [1.82, 2.24) is 14.3 Å². The van der Waals surface area contributed by atoms with Gasteiger partial charge in [0.25, 0.3) is 5.56 Å². The van der Waals surface area contributed by atoms with Crippen LogP contribution in [0.25, 0.3) is 0 Å². The van der Waals surface area contributed by atoms with E-state index in [2.05, 4.69) is 5.16 Å². The maximum Gasteiger partial charge on any atom is 0.331 e. The standard InChI is InChI=1S/C13H15N3O4/c1-7-10(9(3)20-14-7)5-16-6-11(8(2)17)12(18)15(4)13(16)19/h6H,5H2,1-4H3. The van der Waals surface area contributed by atoms with Gasteiger partial charge in [0, 0.05) is 18.8 Å². The van der Waals surface area contributed by atoms with Crippen molar-refractivity contribution < 1.29 is 9.32 Å². The smallest absolute Gasteiger partial charge is 0.331 e. The van der Waals surface area contributed by atoms with Crippen molar-refractivity contribution in [3.8, 4) is 0 Å². The van der Waals surface area contributed by atoms with Crippen LogP contribution in [0.2, 0.25) is 0 Å². The van der Waals surface area contributed by atoms with Gasteiger partial charge in [-0.3, -0.25) is 18.7 Å². The summed E-state index contributed by atoms with van der Waals surface area (Å²) in [5.74, 6) is 0.228. The molecule has 0 saturated heterocycles. The molecule has 2 heterocycles. The number of nitrogens with zero attached hydrogens (tertiary/aromatic N) is 3. The molecule has 0 aromatic carbocycles.